The molecule has 4 nitrogen and oxygen atoms in total. The maximum absolute atomic E-state index is 13.1. The summed E-state index contributed by atoms with van der Waals surface area (Å²) in [6.07, 6.45) is 1.62. The summed E-state index contributed by atoms with van der Waals surface area (Å²) in [5.74, 6) is -0.780. The summed E-state index contributed by atoms with van der Waals surface area (Å²) >= 11 is 0. The fourth-order valence-corrected chi connectivity index (χ4v) is 4.26. The molecule has 1 fully saturated rings. The molecule has 2 aromatic rings. The summed E-state index contributed by atoms with van der Waals surface area (Å²) in [7, 11) is 0. The molecule has 0 bridgehead atoms. The van der Waals surface area contributed by atoms with Gasteiger partial charge in [-0.15, -0.1) is 0 Å². The van der Waals surface area contributed by atoms with E-state index >= 15 is 0 Å². The van der Waals surface area contributed by atoms with E-state index in [9.17, 15) is 9.59 Å². The maximum atomic E-state index is 13.1. The van der Waals surface area contributed by atoms with E-state index in [1.54, 1.807) is 19.1 Å². The van der Waals surface area contributed by atoms with Gasteiger partial charge in [0.15, 0.2) is 0 Å². The lowest BCUT2D eigenvalue weighted by Gasteiger charge is -2.38. The van der Waals surface area contributed by atoms with Crippen LogP contribution in [-0.2, 0) is 14.3 Å². The van der Waals surface area contributed by atoms with E-state index in [4.69, 9.17) is 9.47 Å². The quantitative estimate of drug-likeness (QED) is 0.658. The second-order valence-corrected chi connectivity index (χ2v) is 7.55. The second-order valence-electron chi connectivity index (χ2n) is 7.55. The van der Waals surface area contributed by atoms with Gasteiger partial charge in [-0.25, -0.2) is 4.79 Å². The zero-order valence-electron chi connectivity index (χ0n) is 16.8. The van der Waals surface area contributed by atoms with E-state index in [0.29, 0.717) is 25.0 Å². The summed E-state index contributed by atoms with van der Waals surface area (Å²) in [5.41, 5.74) is 1.77. The van der Waals surface area contributed by atoms with Crippen LogP contribution in [0.2, 0.25) is 0 Å². The summed E-state index contributed by atoms with van der Waals surface area (Å²) < 4.78 is 11.4. The van der Waals surface area contributed by atoms with Gasteiger partial charge in [0, 0.05) is 5.92 Å². The Bertz CT molecular complexity index is 812. The molecule has 0 saturated heterocycles. The zero-order chi connectivity index (χ0) is 20.1. The third-order valence-corrected chi connectivity index (χ3v) is 5.90. The molecule has 0 N–H and O–H groups in total. The Balaban J connectivity index is 1.92. The predicted molar refractivity (Wildman–Crippen MR) is 108 cm³/mol. The van der Waals surface area contributed by atoms with E-state index in [2.05, 4.69) is 0 Å². The standard InChI is InChI=1S/C24H28O4/c1-4-27-23(26)24(18(3)19-9-6-5-7-10-19)16-8-11-21(24)28-22(25)20-14-12-17(2)13-15-20/h5-7,9-10,12-15,18,21H,4,8,11,16H2,1-3H3. The van der Waals surface area contributed by atoms with Gasteiger partial charge in [-0.1, -0.05) is 55.0 Å². The zero-order valence-corrected chi connectivity index (χ0v) is 16.8. The van der Waals surface area contributed by atoms with Gasteiger partial charge in [-0.3, -0.25) is 4.79 Å². The predicted octanol–water partition coefficient (Wildman–Crippen LogP) is 5.06. The number of rotatable bonds is 6. The molecule has 0 spiro atoms. The van der Waals surface area contributed by atoms with Gasteiger partial charge in [-0.2, -0.15) is 0 Å². The van der Waals surface area contributed by atoms with Gasteiger partial charge >= 0.3 is 11.9 Å². The van der Waals surface area contributed by atoms with Crippen LogP contribution < -0.4 is 0 Å². The molecule has 3 atom stereocenters. The van der Waals surface area contributed by atoms with Crippen molar-refractivity contribution in [3.05, 3.63) is 71.3 Å². The average Bonchev–Trinajstić information content (AvgIpc) is 3.13. The van der Waals surface area contributed by atoms with Crippen molar-refractivity contribution in [2.24, 2.45) is 5.41 Å². The van der Waals surface area contributed by atoms with E-state index in [-0.39, 0.29) is 17.9 Å². The highest BCUT2D eigenvalue weighted by atomic mass is 16.6. The monoisotopic (exact) mass is 380 g/mol. The SMILES string of the molecule is CCOC(=O)C1(C(C)c2ccccc2)CCCC1OC(=O)c1ccc(C)cc1. The molecular weight excluding hydrogens is 352 g/mol. The van der Waals surface area contributed by atoms with Crippen LogP contribution in [0.1, 0.15) is 60.5 Å². The lowest BCUT2D eigenvalue weighted by Crippen LogP contribution is -2.46. The molecule has 3 rings (SSSR count). The van der Waals surface area contributed by atoms with Crippen molar-refractivity contribution in [1.82, 2.24) is 0 Å². The highest BCUT2D eigenvalue weighted by molar-refractivity contribution is 5.90. The fraction of sp³-hybridized carbons (Fsp3) is 0.417. The number of benzene rings is 2. The summed E-state index contributed by atoms with van der Waals surface area (Å²) in [4.78, 5) is 25.9. The Kier molecular flexibility index (Phi) is 6.18. The molecule has 0 amide bonds. The highest BCUT2D eigenvalue weighted by Crippen LogP contribution is 2.51. The van der Waals surface area contributed by atoms with Crippen molar-refractivity contribution in [2.75, 3.05) is 6.61 Å². The van der Waals surface area contributed by atoms with Crippen LogP contribution in [0, 0.1) is 12.3 Å². The Morgan fingerprint density at radius 1 is 1.11 bits per heavy atom. The largest absolute Gasteiger partial charge is 0.465 e. The first-order chi connectivity index (χ1) is 13.5. The molecule has 0 aromatic heterocycles. The third-order valence-electron chi connectivity index (χ3n) is 5.90. The average molecular weight is 380 g/mol. The normalized spacial score (nSPS) is 22.5. The van der Waals surface area contributed by atoms with Gasteiger partial charge in [-0.05, 0) is 50.8 Å². The van der Waals surface area contributed by atoms with Crippen molar-refractivity contribution in [3.8, 4) is 0 Å². The molecule has 148 valence electrons. The minimum absolute atomic E-state index is 0.119. The van der Waals surface area contributed by atoms with Crippen LogP contribution in [0.5, 0.6) is 0 Å². The van der Waals surface area contributed by atoms with Crippen LogP contribution in [0.4, 0.5) is 0 Å². The van der Waals surface area contributed by atoms with Crippen molar-refractivity contribution < 1.29 is 19.1 Å². The van der Waals surface area contributed by atoms with E-state index < -0.39 is 11.5 Å². The lowest BCUT2D eigenvalue weighted by atomic mass is 9.70. The Morgan fingerprint density at radius 3 is 2.43 bits per heavy atom. The summed E-state index contributed by atoms with van der Waals surface area (Å²) in [6, 6.07) is 17.2. The number of carbonyl (C=O) groups excluding carboxylic acids is 2. The number of ether oxygens (including phenoxy) is 2. The van der Waals surface area contributed by atoms with Gasteiger partial charge in [0.25, 0.3) is 0 Å². The first-order valence-electron chi connectivity index (χ1n) is 9.99. The highest BCUT2D eigenvalue weighted by Gasteiger charge is 2.56. The number of aryl methyl sites for hydroxylation is 1. The molecule has 1 aliphatic rings. The second kappa shape index (κ2) is 8.59. The first kappa shape index (κ1) is 20.1. The van der Waals surface area contributed by atoms with Gasteiger partial charge in [0.05, 0.1) is 12.2 Å². The topological polar surface area (TPSA) is 52.6 Å². The number of hydrogen-bond acceptors (Lipinski definition) is 4. The van der Waals surface area contributed by atoms with Gasteiger partial charge in [0.1, 0.15) is 11.5 Å². The van der Waals surface area contributed by atoms with Gasteiger partial charge in [0.2, 0.25) is 0 Å². The number of carbonyl (C=O) groups is 2. The molecular formula is C24H28O4. The van der Waals surface area contributed by atoms with Gasteiger partial charge < -0.3 is 9.47 Å². The van der Waals surface area contributed by atoms with Crippen molar-refractivity contribution in [2.45, 2.75) is 52.1 Å². The van der Waals surface area contributed by atoms with Crippen LogP contribution in [0.25, 0.3) is 0 Å². The fourth-order valence-electron chi connectivity index (χ4n) is 4.26. The van der Waals surface area contributed by atoms with Crippen molar-refractivity contribution in [1.29, 1.82) is 0 Å². The Hall–Kier alpha value is -2.62. The van der Waals surface area contributed by atoms with Crippen LogP contribution in [0.3, 0.4) is 0 Å². The van der Waals surface area contributed by atoms with E-state index in [1.807, 2.05) is 56.3 Å². The molecule has 28 heavy (non-hydrogen) atoms. The maximum Gasteiger partial charge on any atom is 0.338 e. The number of esters is 2. The van der Waals surface area contributed by atoms with Crippen molar-refractivity contribution in [3.63, 3.8) is 0 Å². The summed E-state index contributed by atoms with van der Waals surface area (Å²) in [5, 5.41) is 0. The van der Waals surface area contributed by atoms with Crippen LogP contribution >= 0.6 is 0 Å². The molecule has 1 aliphatic carbocycles. The van der Waals surface area contributed by atoms with Crippen LogP contribution in [0.15, 0.2) is 54.6 Å². The number of hydrogen-bond donors (Lipinski definition) is 0. The molecule has 1 saturated carbocycles. The van der Waals surface area contributed by atoms with Crippen LogP contribution in [-0.4, -0.2) is 24.6 Å². The molecule has 0 aliphatic heterocycles. The third kappa shape index (κ3) is 3.82. The smallest absolute Gasteiger partial charge is 0.338 e. The molecule has 0 heterocycles. The Labute approximate surface area is 166 Å². The summed E-state index contributed by atoms with van der Waals surface area (Å²) in [6.45, 7) is 6.12. The van der Waals surface area contributed by atoms with E-state index in [1.165, 1.54) is 0 Å². The molecule has 2 aromatic carbocycles. The van der Waals surface area contributed by atoms with E-state index in [0.717, 1.165) is 17.5 Å². The Morgan fingerprint density at radius 2 is 1.79 bits per heavy atom. The molecule has 3 unspecified atom stereocenters. The lowest BCUT2D eigenvalue weighted by molar-refractivity contribution is -0.163. The minimum atomic E-state index is -0.863. The van der Waals surface area contributed by atoms with Crippen molar-refractivity contribution >= 4 is 11.9 Å². The first-order valence-corrected chi connectivity index (χ1v) is 9.99. The minimum Gasteiger partial charge on any atom is -0.465 e. The molecule has 0 radical (unpaired) electrons. The molecule has 4 heteroatoms.